The maximum atomic E-state index is 12.5. The van der Waals surface area contributed by atoms with Crippen molar-refractivity contribution in [2.45, 2.75) is 0 Å². The zero-order valence-electron chi connectivity index (χ0n) is 14.0. The molecule has 5 heteroatoms. The molecule has 5 nitrogen and oxygen atoms in total. The third kappa shape index (κ3) is 3.30. The normalized spacial score (nSPS) is 10.5. The minimum absolute atomic E-state index is 0.129. The molecule has 0 unspecified atom stereocenters. The van der Waals surface area contributed by atoms with Gasteiger partial charge >= 0.3 is 0 Å². The highest BCUT2D eigenvalue weighted by atomic mass is 16.1. The minimum atomic E-state index is -0.129. The molecular formula is C19H20N4O. The van der Waals surface area contributed by atoms with Crippen molar-refractivity contribution in [1.29, 1.82) is 0 Å². The van der Waals surface area contributed by atoms with Crippen LogP contribution in [-0.2, 0) is 7.05 Å². The van der Waals surface area contributed by atoms with Crippen LogP contribution >= 0.6 is 0 Å². The molecule has 3 aromatic rings. The molecule has 0 aliphatic heterocycles. The van der Waals surface area contributed by atoms with E-state index in [0.717, 1.165) is 22.8 Å². The first-order chi connectivity index (χ1) is 11.5. The molecular weight excluding hydrogens is 300 g/mol. The third-order valence-electron chi connectivity index (χ3n) is 3.82. The Kier molecular flexibility index (Phi) is 4.33. The Bertz CT molecular complexity index is 867. The highest BCUT2D eigenvalue weighted by molar-refractivity contribution is 6.05. The average Bonchev–Trinajstić information content (AvgIpc) is 3.01. The van der Waals surface area contributed by atoms with E-state index < -0.39 is 0 Å². The molecule has 0 aliphatic rings. The van der Waals surface area contributed by atoms with Gasteiger partial charge in [-0.25, -0.2) is 4.98 Å². The van der Waals surface area contributed by atoms with Gasteiger partial charge in [0.1, 0.15) is 5.82 Å². The number of nitrogens with one attached hydrogen (secondary N) is 1. The second-order valence-corrected chi connectivity index (χ2v) is 5.84. The highest BCUT2D eigenvalue weighted by Crippen LogP contribution is 2.21. The van der Waals surface area contributed by atoms with Gasteiger partial charge in [0.15, 0.2) is 0 Å². The molecule has 1 aromatic heterocycles. The summed E-state index contributed by atoms with van der Waals surface area (Å²) in [6.45, 7) is 0. The van der Waals surface area contributed by atoms with Gasteiger partial charge < -0.3 is 14.8 Å². The molecule has 0 radical (unpaired) electrons. The number of nitrogens with zero attached hydrogens (tertiary/aromatic N) is 3. The van der Waals surface area contributed by atoms with E-state index >= 15 is 0 Å². The molecule has 2 aromatic carbocycles. The number of aryl methyl sites for hydroxylation is 1. The molecule has 0 saturated heterocycles. The molecule has 0 atom stereocenters. The van der Waals surface area contributed by atoms with Crippen LogP contribution in [0.15, 0.2) is 60.9 Å². The van der Waals surface area contributed by atoms with Crippen molar-refractivity contribution >= 4 is 17.3 Å². The number of anilines is 2. The van der Waals surface area contributed by atoms with Crippen LogP contribution in [0.25, 0.3) is 11.4 Å². The highest BCUT2D eigenvalue weighted by Gasteiger charge is 2.09. The maximum Gasteiger partial charge on any atom is 0.255 e. The van der Waals surface area contributed by atoms with Crippen LogP contribution < -0.4 is 10.2 Å². The summed E-state index contributed by atoms with van der Waals surface area (Å²) in [5.41, 5.74) is 3.33. The molecule has 3 rings (SSSR count). The van der Waals surface area contributed by atoms with E-state index in [4.69, 9.17) is 0 Å². The molecule has 24 heavy (non-hydrogen) atoms. The number of aromatic nitrogens is 2. The molecule has 0 saturated carbocycles. The Hall–Kier alpha value is -3.08. The number of carbonyl (C=O) groups excluding carboxylic acids is 1. The van der Waals surface area contributed by atoms with E-state index in [1.54, 1.807) is 6.20 Å². The van der Waals surface area contributed by atoms with E-state index in [0.29, 0.717) is 5.56 Å². The van der Waals surface area contributed by atoms with Crippen molar-refractivity contribution < 1.29 is 4.79 Å². The number of imidazole rings is 1. The Morgan fingerprint density at radius 3 is 2.62 bits per heavy atom. The average molecular weight is 320 g/mol. The van der Waals surface area contributed by atoms with E-state index in [9.17, 15) is 4.79 Å². The summed E-state index contributed by atoms with van der Waals surface area (Å²) in [6, 6.07) is 15.2. The second-order valence-electron chi connectivity index (χ2n) is 5.84. The van der Waals surface area contributed by atoms with Gasteiger partial charge in [-0.2, -0.15) is 0 Å². The fourth-order valence-electron chi connectivity index (χ4n) is 2.51. The van der Waals surface area contributed by atoms with Crippen molar-refractivity contribution in [3.8, 4) is 11.4 Å². The van der Waals surface area contributed by atoms with Crippen LogP contribution in [0.4, 0.5) is 11.4 Å². The predicted octanol–water partition coefficient (Wildman–Crippen LogP) is 3.41. The van der Waals surface area contributed by atoms with Crippen LogP contribution in [0.5, 0.6) is 0 Å². The maximum absolute atomic E-state index is 12.5. The first-order valence-corrected chi connectivity index (χ1v) is 7.71. The SMILES string of the molecule is CN(C)c1cccc(C(=O)Nc2cccc(-c3nccn3C)c2)c1. The summed E-state index contributed by atoms with van der Waals surface area (Å²) in [5, 5.41) is 2.95. The number of hydrogen-bond donors (Lipinski definition) is 1. The molecule has 0 fully saturated rings. The summed E-state index contributed by atoms with van der Waals surface area (Å²) in [7, 11) is 5.85. The largest absolute Gasteiger partial charge is 0.378 e. The first-order valence-electron chi connectivity index (χ1n) is 7.71. The van der Waals surface area contributed by atoms with Crippen molar-refractivity contribution in [3.63, 3.8) is 0 Å². The van der Waals surface area contributed by atoms with Crippen molar-refractivity contribution in [2.24, 2.45) is 7.05 Å². The van der Waals surface area contributed by atoms with Crippen molar-refractivity contribution in [1.82, 2.24) is 9.55 Å². The predicted molar refractivity (Wildman–Crippen MR) is 97.4 cm³/mol. The van der Waals surface area contributed by atoms with Crippen LogP contribution in [0.3, 0.4) is 0 Å². The minimum Gasteiger partial charge on any atom is -0.378 e. The molecule has 1 heterocycles. The number of amides is 1. The molecule has 122 valence electrons. The van der Waals surface area contributed by atoms with Gasteiger partial charge in [0.2, 0.25) is 0 Å². The summed E-state index contributed by atoms with van der Waals surface area (Å²) in [5.74, 6) is 0.733. The smallest absolute Gasteiger partial charge is 0.255 e. The zero-order valence-corrected chi connectivity index (χ0v) is 14.0. The number of carbonyl (C=O) groups is 1. The van der Waals surface area contributed by atoms with Gasteiger partial charge in [-0.3, -0.25) is 4.79 Å². The first kappa shape index (κ1) is 15.8. The Morgan fingerprint density at radius 1 is 1.12 bits per heavy atom. The third-order valence-corrected chi connectivity index (χ3v) is 3.82. The lowest BCUT2D eigenvalue weighted by Crippen LogP contribution is -2.14. The molecule has 0 aliphatic carbocycles. The topological polar surface area (TPSA) is 50.2 Å². The van der Waals surface area contributed by atoms with Gasteiger partial charge in [-0.05, 0) is 30.3 Å². The van der Waals surface area contributed by atoms with Crippen molar-refractivity contribution in [3.05, 3.63) is 66.5 Å². The lowest BCUT2D eigenvalue weighted by atomic mass is 10.1. The van der Waals surface area contributed by atoms with Gasteiger partial charge in [-0.15, -0.1) is 0 Å². The number of rotatable bonds is 4. The van der Waals surface area contributed by atoms with E-state index in [1.165, 1.54) is 0 Å². The van der Waals surface area contributed by atoms with Crippen LogP contribution in [-0.4, -0.2) is 29.6 Å². The van der Waals surface area contributed by atoms with Crippen LogP contribution in [0.1, 0.15) is 10.4 Å². The summed E-state index contributed by atoms with van der Waals surface area (Å²) in [6.07, 6.45) is 3.65. The van der Waals surface area contributed by atoms with Crippen molar-refractivity contribution in [2.75, 3.05) is 24.3 Å². The number of benzene rings is 2. The summed E-state index contributed by atoms with van der Waals surface area (Å²) < 4.78 is 1.95. The Labute approximate surface area is 141 Å². The molecule has 1 N–H and O–H groups in total. The Morgan fingerprint density at radius 2 is 1.92 bits per heavy atom. The van der Waals surface area contributed by atoms with Gasteiger partial charge in [0, 0.05) is 56.0 Å². The zero-order chi connectivity index (χ0) is 17.1. The second kappa shape index (κ2) is 6.58. The standard InChI is InChI=1S/C19H20N4O/c1-22(2)17-9-5-7-15(13-17)19(24)21-16-8-4-6-14(12-16)18-20-10-11-23(18)3/h4-13H,1-3H3,(H,21,24). The lowest BCUT2D eigenvalue weighted by molar-refractivity contribution is 0.102. The lowest BCUT2D eigenvalue weighted by Gasteiger charge is -2.13. The van der Waals surface area contributed by atoms with Gasteiger partial charge in [-0.1, -0.05) is 18.2 Å². The van der Waals surface area contributed by atoms with Gasteiger partial charge in [0.05, 0.1) is 0 Å². The number of hydrogen-bond acceptors (Lipinski definition) is 3. The fraction of sp³-hybridized carbons (Fsp3) is 0.158. The molecule has 1 amide bonds. The summed E-state index contributed by atoms with van der Waals surface area (Å²) in [4.78, 5) is 18.8. The van der Waals surface area contributed by atoms with Crippen LogP contribution in [0, 0.1) is 0 Å². The Balaban J connectivity index is 1.82. The van der Waals surface area contributed by atoms with E-state index in [2.05, 4.69) is 10.3 Å². The quantitative estimate of drug-likeness (QED) is 0.801. The van der Waals surface area contributed by atoms with E-state index in [1.807, 2.05) is 85.3 Å². The fourth-order valence-corrected chi connectivity index (χ4v) is 2.51. The molecule has 0 spiro atoms. The monoisotopic (exact) mass is 320 g/mol. The van der Waals surface area contributed by atoms with Crippen LogP contribution in [0.2, 0.25) is 0 Å². The summed E-state index contributed by atoms with van der Waals surface area (Å²) >= 11 is 0. The van der Waals surface area contributed by atoms with Gasteiger partial charge in [0.25, 0.3) is 5.91 Å². The van der Waals surface area contributed by atoms with E-state index in [-0.39, 0.29) is 5.91 Å². The molecule has 0 bridgehead atoms.